The van der Waals surface area contributed by atoms with E-state index >= 15 is 0 Å². The number of piperidine rings is 1. The first kappa shape index (κ1) is 18.3. The molecule has 0 saturated carbocycles. The van der Waals surface area contributed by atoms with E-state index in [1.165, 1.54) is 0 Å². The fraction of sp³-hybridized carbons (Fsp3) is 0.474. The average Bonchev–Trinajstić information content (AvgIpc) is 2.72. The normalized spacial score (nSPS) is 15.0. The molecule has 3 rings (SSSR count). The molecule has 1 aromatic heterocycles. The van der Waals surface area contributed by atoms with Gasteiger partial charge in [0.05, 0.1) is 21.3 Å². The maximum Gasteiger partial charge on any atom is 0.218 e. The second-order valence-electron chi connectivity index (χ2n) is 6.21. The van der Waals surface area contributed by atoms with Crippen LogP contribution in [0.2, 0.25) is 0 Å². The molecule has 1 N–H and O–H groups in total. The second-order valence-corrected chi connectivity index (χ2v) is 6.21. The molecule has 0 spiro atoms. The van der Waals surface area contributed by atoms with E-state index in [2.05, 4.69) is 26.3 Å². The number of benzene rings is 1. The maximum absolute atomic E-state index is 5.50. The van der Waals surface area contributed by atoms with E-state index in [0.29, 0.717) is 11.9 Å². The van der Waals surface area contributed by atoms with Crippen molar-refractivity contribution in [2.75, 3.05) is 39.3 Å². The van der Waals surface area contributed by atoms with Gasteiger partial charge < -0.3 is 24.4 Å². The molecular formula is C19H26N4O3. The summed E-state index contributed by atoms with van der Waals surface area (Å²) in [5.41, 5.74) is 1.11. The van der Waals surface area contributed by atoms with Crippen molar-refractivity contribution in [1.29, 1.82) is 0 Å². The lowest BCUT2D eigenvalue weighted by molar-refractivity contribution is 0.347. The van der Waals surface area contributed by atoms with Gasteiger partial charge in [-0.15, -0.1) is 0 Å². The number of hydrogen-bond acceptors (Lipinski definition) is 7. The number of aromatic nitrogens is 2. The lowest BCUT2D eigenvalue weighted by Gasteiger charge is -2.33. The van der Waals surface area contributed by atoms with Crippen molar-refractivity contribution < 1.29 is 14.2 Å². The van der Waals surface area contributed by atoms with Crippen LogP contribution in [-0.2, 0) is 6.54 Å². The Bertz CT molecular complexity index is 718. The van der Waals surface area contributed by atoms with E-state index in [4.69, 9.17) is 14.2 Å². The summed E-state index contributed by atoms with van der Waals surface area (Å²) in [6.07, 6.45) is 3.66. The van der Waals surface area contributed by atoms with Gasteiger partial charge in [-0.1, -0.05) is 12.1 Å². The second kappa shape index (κ2) is 8.71. The molecule has 0 atom stereocenters. The average molecular weight is 358 g/mol. The van der Waals surface area contributed by atoms with E-state index in [1.807, 2.05) is 18.2 Å². The summed E-state index contributed by atoms with van der Waals surface area (Å²) in [6.45, 7) is 2.66. The monoisotopic (exact) mass is 358 g/mol. The van der Waals surface area contributed by atoms with Crippen molar-refractivity contribution in [2.45, 2.75) is 25.4 Å². The minimum Gasteiger partial charge on any atom is -0.493 e. The van der Waals surface area contributed by atoms with Gasteiger partial charge in [0.2, 0.25) is 5.88 Å². The molecule has 1 saturated heterocycles. The van der Waals surface area contributed by atoms with Gasteiger partial charge >= 0.3 is 0 Å². The molecule has 0 amide bonds. The van der Waals surface area contributed by atoms with Crippen LogP contribution in [0.5, 0.6) is 17.4 Å². The topological polar surface area (TPSA) is 68.7 Å². The summed E-state index contributed by atoms with van der Waals surface area (Å²) < 4.78 is 16.1. The van der Waals surface area contributed by atoms with Gasteiger partial charge in [0.15, 0.2) is 11.5 Å². The molecule has 140 valence electrons. The van der Waals surface area contributed by atoms with Crippen molar-refractivity contribution in [2.24, 2.45) is 0 Å². The van der Waals surface area contributed by atoms with E-state index < -0.39 is 0 Å². The summed E-state index contributed by atoms with van der Waals surface area (Å²) in [5.74, 6) is 3.08. The SMILES string of the molecule is COc1cc(N2CCC(NCc3cccc(OC)c3OC)CC2)ncn1. The van der Waals surface area contributed by atoms with Crippen molar-refractivity contribution in [1.82, 2.24) is 15.3 Å². The van der Waals surface area contributed by atoms with E-state index in [0.717, 1.165) is 55.4 Å². The first-order valence-corrected chi connectivity index (χ1v) is 8.79. The maximum atomic E-state index is 5.50. The van der Waals surface area contributed by atoms with Crippen LogP contribution < -0.4 is 24.4 Å². The number of para-hydroxylation sites is 1. The Kier molecular flexibility index (Phi) is 6.12. The zero-order valence-electron chi connectivity index (χ0n) is 15.6. The zero-order chi connectivity index (χ0) is 18.4. The Morgan fingerprint density at radius 2 is 1.88 bits per heavy atom. The standard InChI is InChI=1S/C19H26N4O3/c1-24-16-6-4-5-14(19(16)26-3)12-20-15-7-9-23(10-8-15)17-11-18(25-2)22-13-21-17/h4-6,11,13,15,20H,7-10,12H2,1-3H3. The summed E-state index contributed by atoms with van der Waals surface area (Å²) in [5, 5.41) is 3.64. The van der Waals surface area contributed by atoms with Crippen LogP contribution in [0.25, 0.3) is 0 Å². The van der Waals surface area contributed by atoms with E-state index in [1.54, 1.807) is 27.7 Å². The Labute approximate surface area is 154 Å². The number of rotatable bonds is 7. The molecule has 1 aliphatic heterocycles. The lowest BCUT2D eigenvalue weighted by atomic mass is 10.0. The Balaban J connectivity index is 1.55. The molecule has 7 heteroatoms. The molecule has 0 radical (unpaired) electrons. The van der Waals surface area contributed by atoms with Crippen LogP contribution >= 0.6 is 0 Å². The molecule has 26 heavy (non-hydrogen) atoms. The van der Waals surface area contributed by atoms with Gasteiger partial charge in [-0.25, -0.2) is 9.97 Å². The fourth-order valence-electron chi connectivity index (χ4n) is 3.27. The number of methoxy groups -OCH3 is 3. The Morgan fingerprint density at radius 3 is 2.58 bits per heavy atom. The molecule has 1 fully saturated rings. The predicted octanol–water partition coefficient (Wildman–Crippen LogP) is 2.26. The molecular weight excluding hydrogens is 332 g/mol. The van der Waals surface area contributed by atoms with Crippen molar-refractivity contribution in [3.63, 3.8) is 0 Å². The molecule has 0 unspecified atom stereocenters. The third-order valence-electron chi connectivity index (χ3n) is 4.72. The van der Waals surface area contributed by atoms with Gasteiger partial charge in [-0.3, -0.25) is 0 Å². The summed E-state index contributed by atoms with van der Waals surface area (Å²) in [4.78, 5) is 10.7. The fourth-order valence-corrected chi connectivity index (χ4v) is 3.27. The van der Waals surface area contributed by atoms with Crippen LogP contribution in [-0.4, -0.2) is 50.4 Å². The quantitative estimate of drug-likeness (QED) is 0.814. The summed E-state index contributed by atoms with van der Waals surface area (Å²) in [6, 6.07) is 8.32. The van der Waals surface area contributed by atoms with Crippen molar-refractivity contribution in [3.8, 4) is 17.4 Å². The molecule has 2 heterocycles. The van der Waals surface area contributed by atoms with Crippen LogP contribution in [0.4, 0.5) is 5.82 Å². The molecule has 1 aliphatic rings. The van der Waals surface area contributed by atoms with E-state index in [9.17, 15) is 0 Å². The largest absolute Gasteiger partial charge is 0.493 e. The van der Waals surface area contributed by atoms with E-state index in [-0.39, 0.29) is 0 Å². The smallest absolute Gasteiger partial charge is 0.218 e. The third-order valence-corrected chi connectivity index (χ3v) is 4.72. The van der Waals surface area contributed by atoms with Crippen LogP contribution in [0.15, 0.2) is 30.6 Å². The van der Waals surface area contributed by atoms with Gasteiger partial charge in [0, 0.05) is 37.3 Å². The number of anilines is 1. The summed E-state index contributed by atoms with van der Waals surface area (Å²) >= 11 is 0. The number of nitrogens with zero attached hydrogens (tertiary/aromatic N) is 3. The third kappa shape index (κ3) is 4.16. The minimum absolute atomic E-state index is 0.464. The Morgan fingerprint density at radius 1 is 1.08 bits per heavy atom. The van der Waals surface area contributed by atoms with Gasteiger partial charge in [0.1, 0.15) is 12.1 Å². The van der Waals surface area contributed by atoms with Crippen LogP contribution in [0, 0.1) is 0 Å². The molecule has 0 aliphatic carbocycles. The zero-order valence-corrected chi connectivity index (χ0v) is 15.6. The van der Waals surface area contributed by atoms with Gasteiger partial charge in [-0.05, 0) is 18.9 Å². The number of hydrogen-bond donors (Lipinski definition) is 1. The van der Waals surface area contributed by atoms with Crippen molar-refractivity contribution >= 4 is 5.82 Å². The molecule has 0 bridgehead atoms. The highest BCUT2D eigenvalue weighted by atomic mass is 16.5. The lowest BCUT2D eigenvalue weighted by Crippen LogP contribution is -2.42. The predicted molar refractivity (Wildman–Crippen MR) is 100 cm³/mol. The van der Waals surface area contributed by atoms with Gasteiger partial charge in [-0.2, -0.15) is 0 Å². The highest BCUT2D eigenvalue weighted by Crippen LogP contribution is 2.30. The highest BCUT2D eigenvalue weighted by molar-refractivity contribution is 5.46. The van der Waals surface area contributed by atoms with Gasteiger partial charge in [0.25, 0.3) is 0 Å². The molecule has 1 aromatic carbocycles. The van der Waals surface area contributed by atoms with Crippen LogP contribution in [0.3, 0.4) is 0 Å². The first-order chi connectivity index (χ1) is 12.7. The van der Waals surface area contributed by atoms with Crippen molar-refractivity contribution in [3.05, 3.63) is 36.2 Å². The summed E-state index contributed by atoms with van der Waals surface area (Å²) in [7, 11) is 4.96. The first-order valence-electron chi connectivity index (χ1n) is 8.79. The molecule has 2 aromatic rings. The van der Waals surface area contributed by atoms with Crippen LogP contribution in [0.1, 0.15) is 18.4 Å². The molecule has 7 nitrogen and oxygen atoms in total. The minimum atomic E-state index is 0.464. The number of ether oxygens (including phenoxy) is 3. The number of nitrogens with one attached hydrogen (secondary N) is 1. The Hall–Kier alpha value is -2.54. The highest BCUT2D eigenvalue weighted by Gasteiger charge is 2.21.